The van der Waals surface area contributed by atoms with Crippen molar-refractivity contribution < 1.29 is 9.47 Å². The van der Waals surface area contributed by atoms with Gasteiger partial charge in [-0.3, -0.25) is 0 Å². The first-order valence-corrected chi connectivity index (χ1v) is 10.2. The lowest BCUT2D eigenvalue weighted by Gasteiger charge is -2.15. The number of aromatic nitrogens is 2. The van der Waals surface area contributed by atoms with Gasteiger partial charge in [-0.2, -0.15) is 0 Å². The van der Waals surface area contributed by atoms with Gasteiger partial charge < -0.3 is 25.8 Å². The van der Waals surface area contributed by atoms with E-state index in [2.05, 4.69) is 26.7 Å². The van der Waals surface area contributed by atoms with Gasteiger partial charge in [0.05, 0.1) is 14.2 Å². The number of hydrogen-bond donors (Lipinski definition) is 3. The van der Waals surface area contributed by atoms with Crippen molar-refractivity contribution in [3.05, 3.63) is 41.7 Å². The number of nitrogens with zero attached hydrogens (tertiary/aromatic N) is 2. The molecular formula is C22H31N5O2. The van der Waals surface area contributed by atoms with Crippen LogP contribution < -0.4 is 25.8 Å². The molecular weight excluding hydrogens is 366 g/mol. The van der Waals surface area contributed by atoms with Crippen molar-refractivity contribution in [2.75, 3.05) is 43.7 Å². The molecule has 2 aromatic rings. The highest BCUT2D eigenvalue weighted by atomic mass is 16.5. The van der Waals surface area contributed by atoms with Crippen molar-refractivity contribution >= 4 is 17.3 Å². The highest BCUT2D eigenvalue weighted by Crippen LogP contribution is 2.28. The minimum absolute atomic E-state index is 0.553. The van der Waals surface area contributed by atoms with Crippen LogP contribution in [0.4, 0.5) is 17.3 Å². The van der Waals surface area contributed by atoms with E-state index in [-0.39, 0.29) is 0 Å². The van der Waals surface area contributed by atoms with Gasteiger partial charge in [0, 0.05) is 13.1 Å². The molecule has 0 saturated heterocycles. The van der Waals surface area contributed by atoms with Crippen LogP contribution in [0, 0.1) is 0 Å². The Kier molecular flexibility index (Phi) is 7.55. The third kappa shape index (κ3) is 5.76. The van der Waals surface area contributed by atoms with Gasteiger partial charge in [-0.15, -0.1) is 0 Å². The molecule has 0 aliphatic heterocycles. The summed E-state index contributed by atoms with van der Waals surface area (Å²) in [7, 11) is 3.27. The average molecular weight is 398 g/mol. The van der Waals surface area contributed by atoms with Gasteiger partial charge in [-0.25, -0.2) is 9.97 Å². The quantitative estimate of drug-likeness (QED) is 0.521. The molecule has 0 atom stereocenters. The van der Waals surface area contributed by atoms with E-state index in [0.29, 0.717) is 23.9 Å². The molecule has 0 fully saturated rings. The molecule has 4 N–H and O–H groups in total. The van der Waals surface area contributed by atoms with E-state index >= 15 is 0 Å². The summed E-state index contributed by atoms with van der Waals surface area (Å²) in [5, 5.41) is 6.66. The van der Waals surface area contributed by atoms with Gasteiger partial charge in [0.1, 0.15) is 12.0 Å². The lowest BCUT2D eigenvalue weighted by Crippen LogP contribution is -2.13. The Morgan fingerprint density at radius 1 is 0.966 bits per heavy atom. The Morgan fingerprint density at radius 2 is 1.69 bits per heavy atom. The summed E-state index contributed by atoms with van der Waals surface area (Å²) < 4.78 is 10.6. The van der Waals surface area contributed by atoms with Gasteiger partial charge in [-0.05, 0) is 56.2 Å². The van der Waals surface area contributed by atoms with Gasteiger partial charge in [-0.1, -0.05) is 17.7 Å². The first kappa shape index (κ1) is 20.8. The monoisotopic (exact) mass is 397 g/mol. The van der Waals surface area contributed by atoms with Crippen molar-refractivity contribution in [3.8, 4) is 11.5 Å². The molecule has 0 saturated carbocycles. The van der Waals surface area contributed by atoms with Crippen molar-refractivity contribution in [1.82, 2.24) is 9.97 Å². The Morgan fingerprint density at radius 3 is 2.34 bits per heavy atom. The molecule has 1 aliphatic rings. The number of nitrogens with one attached hydrogen (secondary N) is 2. The lowest BCUT2D eigenvalue weighted by atomic mass is 9.97. The standard InChI is InChI=1S/C22H31N5O2/c1-28-18-9-8-17(14-19(18)29-2)11-13-25-22-20(23)21(26-15-27-22)24-12-10-16-6-4-3-5-7-16/h6,8-9,14-15H,3-5,7,10-13,23H2,1-2H3,(H2,24,25,26,27). The van der Waals surface area contributed by atoms with Crippen LogP contribution in [-0.2, 0) is 6.42 Å². The number of hydrogen-bond acceptors (Lipinski definition) is 7. The summed E-state index contributed by atoms with van der Waals surface area (Å²) in [4.78, 5) is 8.58. The molecule has 0 radical (unpaired) electrons. The first-order chi connectivity index (χ1) is 14.2. The number of benzene rings is 1. The van der Waals surface area contributed by atoms with Gasteiger partial charge in [0.25, 0.3) is 0 Å². The van der Waals surface area contributed by atoms with E-state index in [1.54, 1.807) is 14.2 Å². The Bertz CT molecular complexity index is 838. The zero-order chi connectivity index (χ0) is 20.5. The third-order valence-corrected chi connectivity index (χ3v) is 5.16. The van der Waals surface area contributed by atoms with E-state index in [1.807, 2.05) is 18.2 Å². The van der Waals surface area contributed by atoms with Crippen molar-refractivity contribution in [3.63, 3.8) is 0 Å². The first-order valence-electron chi connectivity index (χ1n) is 10.2. The van der Waals surface area contributed by atoms with Gasteiger partial charge in [0.2, 0.25) is 0 Å². The highest BCUT2D eigenvalue weighted by Gasteiger charge is 2.09. The van der Waals surface area contributed by atoms with Gasteiger partial charge in [0.15, 0.2) is 23.1 Å². The number of nitrogens with two attached hydrogens (primary N) is 1. The minimum Gasteiger partial charge on any atom is -0.493 e. The third-order valence-electron chi connectivity index (χ3n) is 5.16. The van der Waals surface area contributed by atoms with Gasteiger partial charge >= 0.3 is 0 Å². The fourth-order valence-corrected chi connectivity index (χ4v) is 3.51. The Balaban J connectivity index is 1.52. The predicted octanol–water partition coefficient (Wildman–Crippen LogP) is 4.03. The molecule has 0 amide bonds. The molecule has 1 aromatic carbocycles. The van der Waals surface area contributed by atoms with Crippen LogP contribution in [0.1, 0.15) is 37.7 Å². The summed E-state index contributed by atoms with van der Waals surface area (Å²) in [6.45, 7) is 1.53. The van der Waals surface area contributed by atoms with Crippen LogP contribution in [0.5, 0.6) is 11.5 Å². The molecule has 0 unspecified atom stereocenters. The predicted molar refractivity (Wildman–Crippen MR) is 118 cm³/mol. The topological polar surface area (TPSA) is 94.3 Å². The second kappa shape index (κ2) is 10.5. The summed E-state index contributed by atoms with van der Waals surface area (Å²) >= 11 is 0. The van der Waals surface area contributed by atoms with E-state index in [1.165, 1.54) is 37.6 Å². The molecule has 1 heterocycles. The molecule has 3 rings (SSSR count). The second-order valence-corrected chi connectivity index (χ2v) is 7.14. The molecule has 0 bridgehead atoms. The fraction of sp³-hybridized carbons (Fsp3) is 0.455. The maximum atomic E-state index is 6.26. The maximum absolute atomic E-state index is 6.26. The summed E-state index contributed by atoms with van der Waals surface area (Å²) in [5.74, 6) is 2.79. The summed E-state index contributed by atoms with van der Waals surface area (Å²) in [5.41, 5.74) is 9.49. The smallest absolute Gasteiger partial charge is 0.160 e. The molecule has 156 valence electrons. The largest absolute Gasteiger partial charge is 0.493 e. The highest BCUT2D eigenvalue weighted by molar-refractivity contribution is 5.74. The van der Waals surface area contributed by atoms with Crippen molar-refractivity contribution in [2.24, 2.45) is 0 Å². The second-order valence-electron chi connectivity index (χ2n) is 7.14. The number of ether oxygens (including phenoxy) is 2. The number of allylic oxidation sites excluding steroid dienone is 1. The van der Waals surface area contributed by atoms with Crippen LogP contribution in [0.3, 0.4) is 0 Å². The molecule has 7 nitrogen and oxygen atoms in total. The van der Waals surface area contributed by atoms with E-state index in [4.69, 9.17) is 15.2 Å². The molecule has 1 aromatic heterocycles. The fourth-order valence-electron chi connectivity index (χ4n) is 3.51. The molecule has 29 heavy (non-hydrogen) atoms. The molecule has 7 heteroatoms. The van der Waals surface area contributed by atoms with Crippen LogP contribution in [0.2, 0.25) is 0 Å². The van der Waals surface area contributed by atoms with Crippen LogP contribution in [0.15, 0.2) is 36.2 Å². The number of anilines is 3. The normalized spacial score (nSPS) is 13.5. The average Bonchev–Trinajstić information content (AvgIpc) is 2.76. The maximum Gasteiger partial charge on any atom is 0.160 e. The Labute approximate surface area is 172 Å². The SMILES string of the molecule is COc1ccc(CCNc2ncnc(NCCC3=CCCCC3)c2N)cc1OC. The van der Waals surface area contributed by atoms with Crippen molar-refractivity contribution in [1.29, 1.82) is 0 Å². The summed E-state index contributed by atoms with van der Waals surface area (Å²) in [6, 6.07) is 5.92. The van der Waals surface area contributed by atoms with Crippen LogP contribution in [-0.4, -0.2) is 37.3 Å². The Hall–Kier alpha value is -2.96. The number of methoxy groups -OCH3 is 2. The van der Waals surface area contributed by atoms with Crippen molar-refractivity contribution in [2.45, 2.75) is 38.5 Å². The number of rotatable bonds is 10. The lowest BCUT2D eigenvalue weighted by molar-refractivity contribution is 0.354. The number of nitrogen functional groups attached to an aromatic ring is 1. The molecule has 1 aliphatic carbocycles. The van der Waals surface area contributed by atoms with Crippen LogP contribution >= 0.6 is 0 Å². The zero-order valence-corrected chi connectivity index (χ0v) is 17.3. The molecule has 0 spiro atoms. The van der Waals surface area contributed by atoms with E-state index < -0.39 is 0 Å². The van der Waals surface area contributed by atoms with E-state index in [0.717, 1.165) is 36.4 Å². The summed E-state index contributed by atoms with van der Waals surface area (Å²) in [6.07, 6.45) is 10.8. The minimum atomic E-state index is 0.553. The van der Waals surface area contributed by atoms with Crippen LogP contribution in [0.25, 0.3) is 0 Å². The van der Waals surface area contributed by atoms with E-state index in [9.17, 15) is 0 Å². The zero-order valence-electron chi connectivity index (χ0n) is 17.3.